The minimum Gasteiger partial charge on any atom is -0.454 e. The van der Waals surface area contributed by atoms with E-state index < -0.39 is 0 Å². The third-order valence-corrected chi connectivity index (χ3v) is 7.28. The van der Waals surface area contributed by atoms with Gasteiger partial charge in [-0.15, -0.1) is 0 Å². The number of hydrogen-bond acceptors (Lipinski definition) is 8. The first kappa shape index (κ1) is 22.5. The van der Waals surface area contributed by atoms with E-state index in [2.05, 4.69) is 15.3 Å². The van der Waals surface area contributed by atoms with Gasteiger partial charge in [0.2, 0.25) is 11.8 Å². The number of fused-ring (bicyclic) bond motifs is 2. The van der Waals surface area contributed by atoms with E-state index in [4.69, 9.17) is 14.5 Å². The highest BCUT2D eigenvalue weighted by Crippen LogP contribution is 2.34. The van der Waals surface area contributed by atoms with Gasteiger partial charge in [0.15, 0.2) is 11.5 Å². The van der Waals surface area contributed by atoms with Crippen LogP contribution in [0.4, 0.5) is 10.5 Å². The largest absolute Gasteiger partial charge is 0.454 e. The van der Waals surface area contributed by atoms with Gasteiger partial charge in [0.25, 0.3) is 5.56 Å². The third-order valence-electron chi connectivity index (χ3n) is 6.34. The van der Waals surface area contributed by atoms with Crippen LogP contribution in [0.3, 0.4) is 0 Å². The van der Waals surface area contributed by atoms with E-state index in [0.29, 0.717) is 60.6 Å². The van der Waals surface area contributed by atoms with E-state index in [1.54, 1.807) is 29.2 Å². The molecular formula is C25H24N6O4S. The van der Waals surface area contributed by atoms with Gasteiger partial charge in [-0.25, -0.2) is 9.78 Å². The molecule has 36 heavy (non-hydrogen) atoms. The van der Waals surface area contributed by atoms with E-state index in [0.717, 1.165) is 16.1 Å². The SMILES string of the molecule is Cc1ccccc1-c1nn2c(=O)cc(CN3CCN(C(=O)Nc4ccc5c(c4)OCO5)CC3)nc2s1. The normalized spacial score (nSPS) is 15.4. The number of carbonyl (C=O) groups excluding carboxylic acids is 1. The summed E-state index contributed by atoms with van der Waals surface area (Å²) in [4.78, 5) is 34.7. The number of rotatable bonds is 4. The number of nitrogens with zero attached hydrogens (tertiary/aromatic N) is 5. The van der Waals surface area contributed by atoms with Gasteiger partial charge < -0.3 is 19.7 Å². The molecule has 4 heterocycles. The van der Waals surface area contributed by atoms with Gasteiger partial charge in [-0.2, -0.15) is 9.61 Å². The first-order valence-electron chi connectivity index (χ1n) is 11.7. The average molecular weight is 505 g/mol. The molecule has 0 unspecified atom stereocenters. The number of ether oxygens (including phenoxy) is 2. The summed E-state index contributed by atoms with van der Waals surface area (Å²) in [6.45, 7) is 5.30. The van der Waals surface area contributed by atoms with Gasteiger partial charge in [0.1, 0.15) is 5.01 Å². The summed E-state index contributed by atoms with van der Waals surface area (Å²) in [5.41, 5.74) is 3.29. The monoisotopic (exact) mass is 504 g/mol. The molecule has 0 atom stereocenters. The number of benzene rings is 2. The van der Waals surface area contributed by atoms with E-state index >= 15 is 0 Å². The van der Waals surface area contributed by atoms with Gasteiger partial charge in [0.05, 0.1) is 5.69 Å². The van der Waals surface area contributed by atoms with E-state index in [9.17, 15) is 9.59 Å². The van der Waals surface area contributed by atoms with Crippen molar-refractivity contribution in [3.63, 3.8) is 0 Å². The molecule has 1 N–H and O–H groups in total. The number of amides is 2. The van der Waals surface area contributed by atoms with Gasteiger partial charge in [0, 0.05) is 56.1 Å². The van der Waals surface area contributed by atoms with Crippen molar-refractivity contribution in [2.24, 2.45) is 0 Å². The Balaban J connectivity index is 1.09. The average Bonchev–Trinajstić information content (AvgIpc) is 3.52. The van der Waals surface area contributed by atoms with E-state index in [1.807, 2.05) is 31.2 Å². The quantitative estimate of drug-likeness (QED) is 0.455. The Labute approximate surface area is 210 Å². The molecule has 0 radical (unpaired) electrons. The summed E-state index contributed by atoms with van der Waals surface area (Å²) in [6, 6.07) is 14.7. The zero-order chi connectivity index (χ0) is 24.6. The second kappa shape index (κ2) is 9.25. The van der Waals surface area contributed by atoms with E-state index in [-0.39, 0.29) is 18.4 Å². The zero-order valence-corrected chi connectivity index (χ0v) is 20.5. The molecule has 2 aliphatic heterocycles. The lowest BCUT2D eigenvalue weighted by Crippen LogP contribution is -2.49. The van der Waals surface area contributed by atoms with Gasteiger partial charge in [-0.05, 0) is 24.6 Å². The van der Waals surface area contributed by atoms with Crippen LogP contribution in [-0.2, 0) is 6.54 Å². The van der Waals surface area contributed by atoms with Crippen molar-refractivity contribution in [2.45, 2.75) is 13.5 Å². The second-order valence-electron chi connectivity index (χ2n) is 8.76. The lowest BCUT2D eigenvalue weighted by atomic mass is 10.1. The summed E-state index contributed by atoms with van der Waals surface area (Å²) >= 11 is 1.41. The molecule has 2 aromatic heterocycles. The standard InChI is InChI=1S/C25H24N6O4S/c1-16-4-2-3-5-19(16)23-28-31-22(32)13-18(27-25(31)36-23)14-29-8-10-30(11-9-29)24(33)26-17-6-7-20-21(12-17)35-15-34-20/h2-7,12-13H,8-11,14-15H2,1H3,(H,26,33). The maximum absolute atomic E-state index is 12.7. The molecule has 2 aliphatic rings. The number of carbonyl (C=O) groups is 1. The molecule has 2 amide bonds. The number of anilines is 1. The Bertz CT molecular complexity index is 1510. The summed E-state index contributed by atoms with van der Waals surface area (Å²) in [6.07, 6.45) is 0. The highest BCUT2D eigenvalue weighted by atomic mass is 32.1. The zero-order valence-electron chi connectivity index (χ0n) is 19.6. The summed E-state index contributed by atoms with van der Waals surface area (Å²) in [5, 5.41) is 8.19. The lowest BCUT2D eigenvalue weighted by Gasteiger charge is -2.34. The van der Waals surface area contributed by atoms with Crippen LogP contribution in [-0.4, -0.2) is 63.4 Å². The van der Waals surface area contributed by atoms with Gasteiger partial charge in [-0.1, -0.05) is 35.6 Å². The lowest BCUT2D eigenvalue weighted by molar-refractivity contribution is 0.142. The Morgan fingerprint density at radius 3 is 2.69 bits per heavy atom. The van der Waals surface area contributed by atoms with Gasteiger partial charge >= 0.3 is 6.03 Å². The fourth-order valence-corrected chi connectivity index (χ4v) is 5.39. The molecule has 184 valence electrons. The molecule has 11 heteroatoms. The maximum Gasteiger partial charge on any atom is 0.321 e. The van der Waals surface area contributed by atoms with Crippen LogP contribution in [0.1, 0.15) is 11.3 Å². The third kappa shape index (κ3) is 4.38. The Morgan fingerprint density at radius 2 is 1.86 bits per heavy atom. The smallest absolute Gasteiger partial charge is 0.321 e. The fourth-order valence-electron chi connectivity index (χ4n) is 4.37. The van der Waals surface area contributed by atoms with Crippen molar-refractivity contribution >= 4 is 28.0 Å². The molecule has 1 saturated heterocycles. The van der Waals surface area contributed by atoms with Crippen LogP contribution in [0.25, 0.3) is 15.5 Å². The highest BCUT2D eigenvalue weighted by Gasteiger charge is 2.23. The number of urea groups is 1. The second-order valence-corrected chi connectivity index (χ2v) is 9.72. The molecule has 0 saturated carbocycles. The molecule has 0 spiro atoms. The predicted octanol–water partition coefficient (Wildman–Crippen LogP) is 3.20. The van der Waals surface area contributed by atoms with Crippen molar-refractivity contribution in [1.29, 1.82) is 0 Å². The van der Waals surface area contributed by atoms with Crippen molar-refractivity contribution in [3.05, 3.63) is 70.1 Å². The molecule has 6 rings (SSSR count). The maximum atomic E-state index is 12.7. The molecular weight excluding hydrogens is 480 g/mol. The summed E-state index contributed by atoms with van der Waals surface area (Å²) in [5.74, 6) is 1.31. The first-order valence-corrected chi connectivity index (χ1v) is 12.5. The van der Waals surface area contributed by atoms with Gasteiger partial charge in [-0.3, -0.25) is 9.69 Å². The molecule has 10 nitrogen and oxygen atoms in total. The fraction of sp³-hybridized carbons (Fsp3) is 0.280. The number of aromatic nitrogens is 3. The molecule has 2 aromatic carbocycles. The number of nitrogens with one attached hydrogen (secondary N) is 1. The van der Waals surface area contributed by atoms with Crippen LogP contribution in [0, 0.1) is 6.92 Å². The Morgan fingerprint density at radius 1 is 1.06 bits per heavy atom. The van der Waals surface area contributed by atoms with Crippen LogP contribution in [0.5, 0.6) is 11.5 Å². The van der Waals surface area contributed by atoms with Crippen molar-refractivity contribution in [3.8, 4) is 22.1 Å². The first-order chi connectivity index (χ1) is 17.5. The van der Waals surface area contributed by atoms with Crippen molar-refractivity contribution < 1.29 is 14.3 Å². The Kier molecular flexibility index (Phi) is 5.78. The van der Waals surface area contributed by atoms with E-state index in [1.165, 1.54) is 15.9 Å². The Hall–Kier alpha value is -3.96. The summed E-state index contributed by atoms with van der Waals surface area (Å²) in [7, 11) is 0. The number of piperazine rings is 1. The minimum absolute atomic E-state index is 0.153. The van der Waals surface area contributed by atoms with Crippen molar-refractivity contribution in [2.75, 3.05) is 38.3 Å². The number of hydrogen-bond donors (Lipinski definition) is 1. The van der Waals surface area contributed by atoms with Crippen LogP contribution in [0.15, 0.2) is 53.3 Å². The molecule has 0 aliphatic carbocycles. The van der Waals surface area contributed by atoms with Crippen LogP contribution >= 0.6 is 11.3 Å². The summed E-state index contributed by atoms with van der Waals surface area (Å²) < 4.78 is 12.1. The van der Waals surface area contributed by atoms with Crippen LogP contribution in [0.2, 0.25) is 0 Å². The molecule has 0 bridgehead atoms. The number of aryl methyl sites for hydroxylation is 1. The topological polar surface area (TPSA) is 101 Å². The minimum atomic E-state index is -0.187. The van der Waals surface area contributed by atoms with Crippen LogP contribution < -0.4 is 20.3 Å². The molecule has 1 fully saturated rings. The van der Waals surface area contributed by atoms with Crippen molar-refractivity contribution in [1.82, 2.24) is 24.4 Å². The predicted molar refractivity (Wildman–Crippen MR) is 136 cm³/mol. The highest BCUT2D eigenvalue weighted by molar-refractivity contribution is 7.19. The molecule has 4 aromatic rings.